The van der Waals surface area contributed by atoms with Crippen molar-refractivity contribution in [3.8, 4) is 0 Å². The van der Waals surface area contributed by atoms with Crippen molar-refractivity contribution >= 4 is 33.5 Å². The maximum atomic E-state index is 12.0. The van der Waals surface area contributed by atoms with Gasteiger partial charge in [0.2, 0.25) is 5.91 Å². The fourth-order valence-electron chi connectivity index (χ4n) is 1.34. The average molecular weight is 343 g/mol. The van der Waals surface area contributed by atoms with Crippen LogP contribution in [0.25, 0.3) is 0 Å². The van der Waals surface area contributed by atoms with Crippen LogP contribution in [0.4, 0.5) is 5.69 Å². The van der Waals surface area contributed by atoms with Crippen molar-refractivity contribution in [2.75, 3.05) is 18.5 Å². The number of carbonyl (C=O) groups is 2. The molecule has 5 nitrogen and oxygen atoms in total. The van der Waals surface area contributed by atoms with Gasteiger partial charge in [-0.1, -0.05) is 0 Å². The van der Waals surface area contributed by atoms with E-state index in [4.69, 9.17) is 10.5 Å². The van der Waals surface area contributed by atoms with Gasteiger partial charge in [0.1, 0.15) is 0 Å². The van der Waals surface area contributed by atoms with Crippen LogP contribution in [-0.2, 0) is 9.53 Å². The van der Waals surface area contributed by atoms with E-state index in [-0.39, 0.29) is 12.5 Å². The van der Waals surface area contributed by atoms with Crippen molar-refractivity contribution < 1.29 is 14.3 Å². The second-order valence-corrected chi connectivity index (χ2v) is 5.81. The summed E-state index contributed by atoms with van der Waals surface area (Å²) in [4.78, 5) is 23.6. The van der Waals surface area contributed by atoms with Crippen molar-refractivity contribution in [1.29, 1.82) is 0 Å². The first-order valence-electron chi connectivity index (χ1n) is 6.30. The lowest BCUT2D eigenvalue weighted by molar-refractivity contribution is -0.123. The summed E-state index contributed by atoms with van der Waals surface area (Å²) in [5.74, 6) is -0.571. The minimum Gasteiger partial charge on any atom is -0.462 e. The summed E-state index contributed by atoms with van der Waals surface area (Å²) in [5, 5.41) is 2.78. The molecule has 6 heteroatoms. The van der Waals surface area contributed by atoms with E-state index in [0.717, 1.165) is 0 Å². The minimum atomic E-state index is -0.654. The van der Waals surface area contributed by atoms with Crippen molar-refractivity contribution in [2.45, 2.75) is 20.8 Å². The Kier molecular flexibility index (Phi) is 5.71. The molecule has 0 aliphatic rings. The molecule has 0 fully saturated rings. The highest BCUT2D eigenvalue weighted by Gasteiger charge is 2.26. The van der Waals surface area contributed by atoms with Crippen LogP contribution in [0, 0.1) is 5.41 Å². The molecule has 0 radical (unpaired) electrons. The predicted molar refractivity (Wildman–Crippen MR) is 81.6 cm³/mol. The number of halogens is 1. The molecule has 1 rings (SSSR count). The lowest BCUT2D eigenvalue weighted by atomic mass is 9.92. The zero-order valence-corrected chi connectivity index (χ0v) is 13.4. The van der Waals surface area contributed by atoms with Crippen molar-refractivity contribution in [2.24, 2.45) is 11.1 Å². The summed E-state index contributed by atoms with van der Waals surface area (Å²) in [6.45, 7) is 5.85. The Labute approximate surface area is 127 Å². The first kappa shape index (κ1) is 16.7. The first-order chi connectivity index (χ1) is 9.31. The fourth-order valence-corrected chi connectivity index (χ4v) is 1.82. The topological polar surface area (TPSA) is 81.4 Å². The van der Waals surface area contributed by atoms with E-state index < -0.39 is 11.4 Å². The van der Waals surface area contributed by atoms with Gasteiger partial charge in [0, 0.05) is 11.0 Å². The van der Waals surface area contributed by atoms with Crippen molar-refractivity contribution in [3.63, 3.8) is 0 Å². The number of nitrogens with two attached hydrogens (primary N) is 1. The number of hydrogen-bond acceptors (Lipinski definition) is 4. The van der Waals surface area contributed by atoms with Crippen LogP contribution in [0.5, 0.6) is 0 Å². The van der Waals surface area contributed by atoms with Gasteiger partial charge >= 0.3 is 5.97 Å². The molecule has 0 bridgehead atoms. The van der Waals surface area contributed by atoms with E-state index in [9.17, 15) is 9.59 Å². The van der Waals surface area contributed by atoms with Gasteiger partial charge in [0.25, 0.3) is 0 Å². The summed E-state index contributed by atoms with van der Waals surface area (Å²) in [7, 11) is 0. The largest absolute Gasteiger partial charge is 0.462 e. The van der Waals surface area contributed by atoms with Crippen LogP contribution in [0.1, 0.15) is 31.1 Å². The number of benzene rings is 1. The van der Waals surface area contributed by atoms with E-state index in [0.29, 0.717) is 22.3 Å². The first-order valence-corrected chi connectivity index (χ1v) is 7.09. The van der Waals surface area contributed by atoms with Gasteiger partial charge in [-0.15, -0.1) is 0 Å². The maximum Gasteiger partial charge on any atom is 0.338 e. The summed E-state index contributed by atoms with van der Waals surface area (Å²) in [5.41, 5.74) is 5.92. The van der Waals surface area contributed by atoms with Crippen LogP contribution in [-0.4, -0.2) is 25.0 Å². The molecule has 1 amide bonds. The molecule has 0 atom stereocenters. The highest BCUT2D eigenvalue weighted by atomic mass is 79.9. The Bertz CT molecular complexity index is 515. The van der Waals surface area contributed by atoms with Gasteiger partial charge in [-0.05, 0) is 54.9 Å². The van der Waals surface area contributed by atoms with Crippen LogP contribution < -0.4 is 11.1 Å². The van der Waals surface area contributed by atoms with E-state index >= 15 is 0 Å². The quantitative estimate of drug-likeness (QED) is 0.805. The second-order valence-electron chi connectivity index (χ2n) is 4.96. The number of amides is 1. The zero-order chi connectivity index (χ0) is 15.3. The van der Waals surface area contributed by atoms with Gasteiger partial charge in [0.15, 0.2) is 0 Å². The minimum absolute atomic E-state index is 0.176. The van der Waals surface area contributed by atoms with E-state index in [1.165, 1.54) is 0 Å². The summed E-state index contributed by atoms with van der Waals surface area (Å²) >= 11 is 3.33. The molecule has 0 unspecified atom stereocenters. The van der Waals surface area contributed by atoms with Crippen molar-refractivity contribution in [3.05, 3.63) is 28.2 Å². The molecule has 0 spiro atoms. The number of esters is 1. The molecule has 0 heterocycles. The third-order valence-corrected chi connectivity index (χ3v) is 3.51. The highest BCUT2D eigenvalue weighted by molar-refractivity contribution is 9.10. The maximum absolute atomic E-state index is 12.0. The number of carbonyl (C=O) groups excluding carboxylic acids is 2. The Hall–Kier alpha value is -1.40. The van der Waals surface area contributed by atoms with Crippen LogP contribution in [0.15, 0.2) is 22.7 Å². The molecular formula is C14H19BrN2O3. The number of rotatable bonds is 5. The molecule has 3 N–H and O–H groups in total. The molecular weight excluding hydrogens is 324 g/mol. The smallest absolute Gasteiger partial charge is 0.338 e. The summed E-state index contributed by atoms with van der Waals surface area (Å²) in [6, 6.07) is 4.87. The predicted octanol–water partition coefficient (Wildman–Crippen LogP) is 2.55. The van der Waals surface area contributed by atoms with E-state index in [1.807, 2.05) is 0 Å². The molecule has 0 aromatic heterocycles. The third-order valence-electron chi connectivity index (χ3n) is 2.85. The Balaban J connectivity index is 2.89. The SMILES string of the molecule is CCOC(=O)c1ccc(NC(=O)C(C)(C)CN)c(Br)c1. The molecule has 0 aliphatic heterocycles. The third kappa shape index (κ3) is 4.05. The molecule has 1 aromatic rings. The molecule has 110 valence electrons. The average Bonchev–Trinajstić information content (AvgIpc) is 2.41. The lowest BCUT2D eigenvalue weighted by Crippen LogP contribution is -2.37. The molecule has 1 aromatic carbocycles. The Morgan fingerprint density at radius 2 is 2.05 bits per heavy atom. The number of hydrogen-bond donors (Lipinski definition) is 2. The number of anilines is 1. The van der Waals surface area contributed by atoms with Crippen molar-refractivity contribution in [1.82, 2.24) is 0 Å². The van der Waals surface area contributed by atoms with Crippen LogP contribution in [0.2, 0.25) is 0 Å². The van der Waals surface area contributed by atoms with Gasteiger partial charge in [0.05, 0.1) is 23.3 Å². The monoisotopic (exact) mass is 342 g/mol. The van der Waals surface area contributed by atoms with E-state index in [1.54, 1.807) is 39.0 Å². The second kappa shape index (κ2) is 6.85. The summed E-state index contributed by atoms with van der Waals surface area (Å²) in [6.07, 6.45) is 0. The fraction of sp³-hybridized carbons (Fsp3) is 0.429. The van der Waals surface area contributed by atoms with Gasteiger partial charge in [-0.25, -0.2) is 4.79 Å². The Morgan fingerprint density at radius 3 is 2.55 bits per heavy atom. The summed E-state index contributed by atoms with van der Waals surface area (Å²) < 4.78 is 5.53. The standard InChI is InChI=1S/C14H19BrN2O3/c1-4-20-12(18)9-5-6-11(10(15)7-9)17-13(19)14(2,3)8-16/h5-7H,4,8,16H2,1-3H3,(H,17,19). The van der Waals surface area contributed by atoms with Gasteiger partial charge in [-0.2, -0.15) is 0 Å². The molecule has 20 heavy (non-hydrogen) atoms. The van der Waals surface area contributed by atoms with Gasteiger partial charge < -0.3 is 15.8 Å². The van der Waals surface area contributed by atoms with Crippen LogP contribution in [0.3, 0.4) is 0 Å². The van der Waals surface area contributed by atoms with Crippen LogP contribution >= 0.6 is 15.9 Å². The van der Waals surface area contributed by atoms with Gasteiger partial charge in [-0.3, -0.25) is 4.79 Å². The normalized spacial score (nSPS) is 11.1. The number of nitrogens with one attached hydrogen (secondary N) is 1. The zero-order valence-electron chi connectivity index (χ0n) is 11.8. The molecule has 0 aliphatic carbocycles. The molecule has 0 saturated heterocycles. The van der Waals surface area contributed by atoms with E-state index in [2.05, 4.69) is 21.2 Å². The lowest BCUT2D eigenvalue weighted by Gasteiger charge is -2.21. The Morgan fingerprint density at radius 1 is 1.40 bits per heavy atom. The molecule has 0 saturated carbocycles. The number of ether oxygens (including phenoxy) is 1. The highest BCUT2D eigenvalue weighted by Crippen LogP contribution is 2.26.